The number of rotatable bonds is 1. The van der Waals surface area contributed by atoms with E-state index in [2.05, 4.69) is 4.98 Å². The lowest BCUT2D eigenvalue weighted by molar-refractivity contribution is 0.413. The number of halogens is 1. The number of fused-ring (bicyclic) bond motifs is 1. The molecule has 0 bridgehead atoms. The predicted octanol–water partition coefficient (Wildman–Crippen LogP) is 2.96. The minimum absolute atomic E-state index is 0.651. The summed E-state index contributed by atoms with van der Waals surface area (Å²) in [5, 5.41) is 1.32. The number of nitrogens with zero attached hydrogens (tertiary/aromatic N) is 1. The van der Waals surface area contributed by atoms with Gasteiger partial charge in [0.15, 0.2) is 0 Å². The molecule has 1 aromatic heterocycles. The van der Waals surface area contributed by atoms with Gasteiger partial charge in [0, 0.05) is 0 Å². The molecular weight excluding hydrogens is 194 g/mol. The van der Waals surface area contributed by atoms with Gasteiger partial charge in [0.25, 0.3) is 5.19 Å². The third-order valence-electron chi connectivity index (χ3n) is 1.52. The van der Waals surface area contributed by atoms with Crippen LogP contribution in [0.3, 0.4) is 0 Å². The SMILES string of the molecule is COc1nc2c(Cl)cccc2s1. The van der Waals surface area contributed by atoms with Crippen molar-refractivity contribution < 1.29 is 4.74 Å². The molecule has 0 spiro atoms. The van der Waals surface area contributed by atoms with Gasteiger partial charge in [0.2, 0.25) is 0 Å². The molecule has 0 N–H and O–H groups in total. The third kappa shape index (κ3) is 1.15. The largest absolute Gasteiger partial charge is 0.473 e. The molecular formula is C8H6ClNOS. The summed E-state index contributed by atoms with van der Waals surface area (Å²) >= 11 is 7.41. The van der Waals surface area contributed by atoms with Crippen LogP contribution in [0.4, 0.5) is 0 Å². The molecule has 0 aliphatic heterocycles. The number of para-hydroxylation sites is 1. The van der Waals surface area contributed by atoms with Crippen molar-refractivity contribution >= 4 is 33.2 Å². The monoisotopic (exact) mass is 199 g/mol. The number of hydrogen-bond donors (Lipinski definition) is 0. The molecule has 0 unspecified atom stereocenters. The lowest BCUT2D eigenvalue weighted by Gasteiger charge is -1.88. The highest BCUT2D eigenvalue weighted by Gasteiger charge is 2.05. The smallest absolute Gasteiger partial charge is 0.274 e. The van der Waals surface area contributed by atoms with Crippen molar-refractivity contribution in [2.24, 2.45) is 0 Å². The van der Waals surface area contributed by atoms with Gasteiger partial charge in [-0.05, 0) is 12.1 Å². The van der Waals surface area contributed by atoms with Crippen LogP contribution in [0, 0.1) is 0 Å². The molecule has 1 heterocycles. The van der Waals surface area contributed by atoms with Crippen molar-refractivity contribution in [1.82, 2.24) is 4.98 Å². The van der Waals surface area contributed by atoms with E-state index in [0.29, 0.717) is 10.2 Å². The molecule has 0 aliphatic rings. The van der Waals surface area contributed by atoms with Gasteiger partial charge in [-0.25, -0.2) is 4.98 Å². The first-order valence-corrected chi connectivity index (χ1v) is 4.60. The highest BCUT2D eigenvalue weighted by molar-refractivity contribution is 7.20. The Morgan fingerprint density at radius 2 is 2.33 bits per heavy atom. The van der Waals surface area contributed by atoms with Gasteiger partial charge in [-0.1, -0.05) is 29.0 Å². The second kappa shape index (κ2) is 2.92. The van der Waals surface area contributed by atoms with Crippen LogP contribution in [0.25, 0.3) is 10.2 Å². The van der Waals surface area contributed by atoms with E-state index in [1.54, 1.807) is 7.11 Å². The van der Waals surface area contributed by atoms with Crippen LogP contribution in [-0.2, 0) is 0 Å². The van der Waals surface area contributed by atoms with Gasteiger partial charge in [-0.3, -0.25) is 0 Å². The zero-order chi connectivity index (χ0) is 8.55. The van der Waals surface area contributed by atoms with E-state index in [9.17, 15) is 0 Å². The Labute approximate surface area is 78.8 Å². The molecule has 0 saturated heterocycles. The van der Waals surface area contributed by atoms with Crippen LogP contribution in [-0.4, -0.2) is 12.1 Å². The minimum Gasteiger partial charge on any atom is -0.473 e. The average molecular weight is 200 g/mol. The first-order chi connectivity index (χ1) is 5.81. The lowest BCUT2D eigenvalue weighted by atomic mass is 10.3. The molecule has 62 valence electrons. The molecule has 0 amide bonds. The molecule has 2 aromatic rings. The molecule has 12 heavy (non-hydrogen) atoms. The van der Waals surface area contributed by atoms with E-state index in [0.717, 1.165) is 10.2 Å². The number of hydrogen-bond acceptors (Lipinski definition) is 3. The number of benzene rings is 1. The van der Waals surface area contributed by atoms with Crippen molar-refractivity contribution in [3.05, 3.63) is 23.2 Å². The summed E-state index contributed by atoms with van der Waals surface area (Å²) in [6, 6.07) is 5.70. The van der Waals surface area contributed by atoms with Gasteiger partial charge in [-0.2, -0.15) is 0 Å². The first-order valence-electron chi connectivity index (χ1n) is 3.40. The molecule has 0 radical (unpaired) electrons. The lowest BCUT2D eigenvalue weighted by Crippen LogP contribution is -1.78. The second-order valence-corrected chi connectivity index (χ2v) is 3.67. The molecule has 0 aliphatic carbocycles. The normalized spacial score (nSPS) is 10.5. The Morgan fingerprint density at radius 3 is 3.00 bits per heavy atom. The molecule has 4 heteroatoms. The highest BCUT2D eigenvalue weighted by atomic mass is 35.5. The third-order valence-corrected chi connectivity index (χ3v) is 2.81. The maximum atomic E-state index is 5.92. The van der Waals surface area contributed by atoms with Crippen molar-refractivity contribution in [3.63, 3.8) is 0 Å². The van der Waals surface area contributed by atoms with Crippen molar-refractivity contribution in [1.29, 1.82) is 0 Å². The van der Waals surface area contributed by atoms with Gasteiger partial charge in [0.1, 0.15) is 5.52 Å². The zero-order valence-corrected chi connectivity index (χ0v) is 7.95. The Bertz CT molecular complexity index is 412. The second-order valence-electron chi connectivity index (χ2n) is 2.27. The summed E-state index contributed by atoms with van der Waals surface area (Å²) in [7, 11) is 1.60. The van der Waals surface area contributed by atoms with E-state index in [-0.39, 0.29) is 0 Å². The van der Waals surface area contributed by atoms with Crippen molar-refractivity contribution in [3.8, 4) is 5.19 Å². The quantitative estimate of drug-likeness (QED) is 0.705. The van der Waals surface area contributed by atoms with Gasteiger partial charge in [-0.15, -0.1) is 0 Å². The topological polar surface area (TPSA) is 22.1 Å². The van der Waals surface area contributed by atoms with Gasteiger partial charge >= 0.3 is 0 Å². The Balaban J connectivity index is 2.74. The zero-order valence-electron chi connectivity index (χ0n) is 6.37. The van der Waals surface area contributed by atoms with Crippen LogP contribution >= 0.6 is 22.9 Å². The highest BCUT2D eigenvalue weighted by Crippen LogP contribution is 2.31. The summed E-state index contributed by atoms with van der Waals surface area (Å²) in [5.41, 5.74) is 0.820. The number of ether oxygens (including phenoxy) is 1. The average Bonchev–Trinajstić information content (AvgIpc) is 2.49. The fourth-order valence-electron chi connectivity index (χ4n) is 0.982. The molecule has 0 atom stereocenters. The summed E-state index contributed by atoms with van der Waals surface area (Å²) in [4.78, 5) is 4.20. The van der Waals surface area contributed by atoms with E-state index in [1.165, 1.54) is 11.3 Å². The Morgan fingerprint density at radius 1 is 1.50 bits per heavy atom. The summed E-state index contributed by atoms with van der Waals surface area (Å²) < 4.78 is 6.06. The summed E-state index contributed by atoms with van der Waals surface area (Å²) in [6.07, 6.45) is 0. The summed E-state index contributed by atoms with van der Waals surface area (Å²) in [6.45, 7) is 0. The fourth-order valence-corrected chi connectivity index (χ4v) is 2.06. The Kier molecular flexibility index (Phi) is 1.90. The van der Waals surface area contributed by atoms with E-state index in [1.807, 2.05) is 18.2 Å². The van der Waals surface area contributed by atoms with Gasteiger partial charge in [0.05, 0.1) is 16.8 Å². The molecule has 1 aromatic carbocycles. The van der Waals surface area contributed by atoms with Gasteiger partial charge < -0.3 is 4.74 Å². The minimum atomic E-state index is 0.651. The number of methoxy groups -OCH3 is 1. The standard InChI is InChI=1S/C8H6ClNOS/c1-11-8-10-7-5(9)3-2-4-6(7)12-8/h2-4H,1H3. The number of aromatic nitrogens is 1. The van der Waals surface area contributed by atoms with E-state index < -0.39 is 0 Å². The van der Waals surface area contributed by atoms with Crippen molar-refractivity contribution in [2.75, 3.05) is 7.11 Å². The van der Waals surface area contributed by atoms with Crippen LogP contribution in [0.1, 0.15) is 0 Å². The van der Waals surface area contributed by atoms with Crippen LogP contribution < -0.4 is 4.74 Å². The van der Waals surface area contributed by atoms with Crippen LogP contribution in [0.15, 0.2) is 18.2 Å². The van der Waals surface area contributed by atoms with E-state index >= 15 is 0 Å². The maximum Gasteiger partial charge on any atom is 0.274 e. The summed E-state index contributed by atoms with van der Waals surface area (Å²) in [5.74, 6) is 0. The van der Waals surface area contributed by atoms with Crippen LogP contribution in [0.2, 0.25) is 5.02 Å². The first kappa shape index (κ1) is 7.83. The van der Waals surface area contributed by atoms with E-state index in [4.69, 9.17) is 16.3 Å². The van der Waals surface area contributed by atoms with Crippen molar-refractivity contribution in [2.45, 2.75) is 0 Å². The molecule has 2 rings (SSSR count). The fraction of sp³-hybridized carbons (Fsp3) is 0.125. The van der Waals surface area contributed by atoms with Crippen LogP contribution in [0.5, 0.6) is 5.19 Å². The Hall–Kier alpha value is -0.800. The molecule has 0 fully saturated rings. The molecule has 0 saturated carbocycles. The molecule has 2 nitrogen and oxygen atoms in total. The predicted molar refractivity (Wildman–Crippen MR) is 51.2 cm³/mol. The number of thiazole rings is 1. The maximum absolute atomic E-state index is 5.92.